The van der Waals surface area contributed by atoms with E-state index in [2.05, 4.69) is 46.3 Å². The van der Waals surface area contributed by atoms with Crippen LogP contribution in [0.4, 0.5) is 5.82 Å². The second-order valence-corrected chi connectivity index (χ2v) is 24.3. The van der Waals surface area contributed by atoms with Crippen molar-refractivity contribution in [3.8, 4) is 0 Å². The van der Waals surface area contributed by atoms with Gasteiger partial charge in [0.1, 0.15) is 42.1 Å². The van der Waals surface area contributed by atoms with Gasteiger partial charge in [-0.15, -0.1) is 11.3 Å². The van der Waals surface area contributed by atoms with E-state index in [9.17, 15) is 67.8 Å². The van der Waals surface area contributed by atoms with Crippen molar-refractivity contribution in [1.29, 1.82) is 0 Å². The van der Waals surface area contributed by atoms with Gasteiger partial charge >= 0.3 is 29.4 Å². The van der Waals surface area contributed by atoms with Gasteiger partial charge in [-0.1, -0.05) is 57.2 Å². The van der Waals surface area contributed by atoms with E-state index < -0.39 is 90.5 Å². The number of phosphoric acid groups is 3. The van der Waals surface area contributed by atoms with Crippen LogP contribution in [0.25, 0.3) is 17.2 Å². The first-order valence-electron chi connectivity index (χ1n) is 23.4. The first-order valence-corrected chi connectivity index (χ1v) is 29.8. The van der Waals surface area contributed by atoms with E-state index >= 15 is 0 Å². The summed E-state index contributed by atoms with van der Waals surface area (Å²) in [5.74, 6) is -1.57. The fourth-order valence-corrected chi connectivity index (χ4v) is 11.8. The number of benzene rings is 1. The molecule has 5 heterocycles. The van der Waals surface area contributed by atoms with Crippen LogP contribution in [-0.2, 0) is 70.1 Å². The summed E-state index contributed by atoms with van der Waals surface area (Å²) in [4.78, 5) is 108. The van der Waals surface area contributed by atoms with E-state index in [1.165, 1.54) is 37.3 Å². The van der Waals surface area contributed by atoms with Gasteiger partial charge in [-0.25, -0.2) is 38.4 Å². The number of thioether (sulfide) groups is 1. The molecular formula is C44H58N9O19P3S2. The molecule has 420 valence electrons. The SMILES string of the molecule is CCCCc1ncc(/C=C(\Cc2cccs2)C(=O)SCCNC(=O)CCNC(=O)C(O)C(C)(C)COP(=O)(O)OP(=O)(O)OCC2OC(n3cnc4c(N)ncnc43)C(O)C2OP(=O)(O)O)n1Cc1ccc(C(=O)O)cc1. The molecule has 7 unspecified atom stereocenters. The second kappa shape index (κ2) is 26.7. The van der Waals surface area contributed by atoms with Crippen LogP contribution in [0, 0.1) is 5.41 Å². The van der Waals surface area contributed by atoms with Crippen molar-refractivity contribution in [2.24, 2.45) is 5.41 Å². The average molecular weight is 1170 g/mol. The normalized spacial score (nSPS) is 19.2. The summed E-state index contributed by atoms with van der Waals surface area (Å²) in [6.45, 7) is 2.71. The van der Waals surface area contributed by atoms with Gasteiger partial charge in [-0.05, 0) is 41.6 Å². The number of unbranched alkanes of at least 4 members (excludes halogenated alkanes) is 1. The Hall–Kier alpha value is -5.10. The Labute approximate surface area is 447 Å². The quantitative estimate of drug-likeness (QED) is 0.0186. The summed E-state index contributed by atoms with van der Waals surface area (Å²) in [5.41, 5.74) is 6.43. The lowest BCUT2D eigenvalue weighted by Crippen LogP contribution is -2.46. The molecule has 33 heteroatoms. The van der Waals surface area contributed by atoms with E-state index in [-0.39, 0.29) is 52.9 Å². The van der Waals surface area contributed by atoms with Gasteiger partial charge in [0.25, 0.3) is 0 Å². The number of aliphatic hydroxyl groups is 2. The number of carbonyl (C=O) groups is 4. The van der Waals surface area contributed by atoms with Gasteiger partial charge < -0.3 is 60.6 Å². The molecule has 0 spiro atoms. The van der Waals surface area contributed by atoms with Crippen molar-refractivity contribution in [3.63, 3.8) is 0 Å². The van der Waals surface area contributed by atoms with E-state index in [0.717, 1.165) is 58.1 Å². The molecule has 11 N–H and O–H groups in total. The fourth-order valence-electron chi connectivity index (χ4n) is 7.52. The van der Waals surface area contributed by atoms with Crippen molar-refractivity contribution in [2.75, 3.05) is 37.8 Å². The minimum atomic E-state index is -5.62. The number of amides is 2. The molecule has 6 rings (SSSR count). The standard InChI is InChI=1S/C44H58N9O19P3S2/c1-4-5-8-32-48-20-29(52(32)21-26-9-11-27(12-10-26)42(58)59)18-28(19-30-7-6-16-76-30)43(60)77-17-15-46-33(54)13-14-47-40(57)37(56)44(2,3)23-69-75(66,67)72-74(64,65)68-22-31-36(71-73(61,62)63)35(55)41(70-31)53-25-51-34-38(45)49-24-50-39(34)53/h6-7,9-12,16,18,20,24-25,31,35-37,41,55-56H,4-5,8,13-15,17,19,21-23H2,1-3H3,(H,46,54)(H,47,57)(H,58,59)(H,64,65)(H,66,67)(H2,45,49,50)(H2,61,62,63)/b28-18+. The fraction of sp³-hybridized carbons (Fsp3) is 0.455. The molecule has 1 saturated heterocycles. The van der Waals surface area contributed by atoms with Gasteiger partial charge in [0.2, 0.25) is 16.9 Å². The Balaban J connectivity index is 0.951. The van der Waals surface area contributed by atoms with Crippen molar-refractivity contribution >= 4 is 92.5 Å². The molecule has 0 radical (unpaired) electrons. The first-order chi connectivity index (χ1) is 36.3. The van der Waals surface area contributed by atoms with Crippen molar-refractivity contribution in [2.45, 2.75) is 90.1 Å². The minimum Gasteiger partial charge on any atom is -0.478 e. The molecule has 1 fully saturated rings. The number of nitrogens with one attached hydrogen (secondary N) is 2. The number of rotatable bonds is 29. The zero-order chi connectivity index (χ0) is 56.3. The zero-order valence-electron chi connectivity index (χ0n) is 41.5. The Morgan fingerprint density at radius 3 is 2.40 bits per heavy atom. The van der Waals surface area contributed by atoms with Gasteiger partial charge in [0.15, 0.2) is 17.7 Å². The number of aromatic nitrogens is 6. The van der Waals surface area contributed by atoms with Crippen LogP contribution >= 0.6 is 46.6 Å². The summed E-state index contributed by atoms with van der Waals surface area (Å²) in [6.07, 6.45) is -0.755. The molecule has 5 aromatic rings. The number of fused-ring (bicyclic) bond motifs is 1. The number of thiophene rings is 1. The topological polar surface area (TPSA) is 419 Å². The number of aromatic carboxylic acids is 1. The van der Waals surface area contributed by atoms with Gasteiger partial charge in [-0.2, -0.15) is 4.31 Å². The molecule has 1 aromatic carbocycles. The number of hydrogen-bond acceptors (Lipinski definition) is 21. The van der Waals surface area contributed by atoms with Crippen LogP contribution in [0.3, 0.4) is 0 Å². The molecular weight excluding hydrogens is 1120 g/mol. The van der Waals surface area contributed by atoms with Crippen molar-refractivity contribution in [1.82, 2.24) is 39.7 Å². The molecule has 28 nitrogen and oxygen atoms in total. The summed E-state index contributed by atoms with van der Waals surface area (Å²) >= 11 is 2.50. The van der Waals surface area contributed by atoms with Crippen LogP contribution in [0.2, 0.25) is 0 Å². The van der Waals surface area contributed by atoms with E-state index in [1.54, 1.807) is 24.4 Å². The number of nitrogen functional groups attached to an aromatic ring is 1. The molecule has 0 bridgehead atoms. The molecule has 4 aromatic heterocycles. The van der Waals surface area contributed by atoms with Crippen LogP contribution in [0.15, 0.2) is 66.2 Å². The maximum absolute atomic E-state index is 13.7. The first kappa shape index (κ1) is 61.1. The predicted molar refractivity (Wildman–Crippen MR) is 276 cm³/mol. The lowest BCUT2D eigenvalue weighted by atomic mass is 9.87. The highest BCUT2D eigenvalue weighted by Crippen LogP contribution is 2.61. The summed E-state index contributed by atoms with van der Waals surface area (Å²) in [6, 6.07) is 10.4. The maximum atomic E-state index is 13.7. The molecule has 77 heavy (non-hydrogen) atoms. The van der Waals surface area contributed by atoms with Crippen LogP contribution in [0.1, 0.15) is 78.6 Å². The third-order valence-electron chi connectivity index (χ3n) is 11.5. The smallest absolute Gasteiger partial charge is 0.478 e. The number of aryl methyl sites for hydroxylation is 1. The van der Waals surface area contributed by atoms with Gasteiger partial charge in [-0.3, -0.25) is 32.5 Å². The molecule has 1 aliphatic heterocycles. The number of ether oxygens (including phenoxy) is 1. The number of anilines is 1. The number of carbonyl (C=O) groups excluding carboxylic acids is 3. The highest BCUT2D eigenvalue weighted by Gasteiger charge is 2.50. The molecule has 1 aliphatic rings. The molecule has 7 atom stereocenters. The van der Waals surface area contributed by atoms with Gasteiger partial charge in [0.05, 0.1) is 37.0 Å². The lowest BCUT2D eigenvalue weighted by Gasteiger charge is -2.30. The number of carboxylic acid groups (broad SMARTS) is 1. The average Bonchev–Trinajstić information content (AvgIpc) is 4.19. The molecule has 0 aliphatic carbocycles. The number of imidazole rings is 2. The third-order valence-corrected chi connectivity index (χ3v) is 16.4. The number of hydrogen-bond donors (Lipinski definition) is 10. The monoisotopic (exact) mass is 1170 g/mol. The van der Waals surface area contributed by atoms with Gasteiger partial charge in [0, 0.05) is 60.5 Å². The van der Waals surface area contributed by atoms with E-state index in [0.29, 0.717) is 30.7 Å². The molecule has 2 amide bonds. The van der Waals surface area contributed by atoms with Crippen LogP contribution in [0.5, 0.6) is 0 Å². The van der Waals surface area contributed by atoms with Crippen LogP contribution < -0.4 is 16.4 Å². The number of carboxylic acids is 1. The Kier molecular flexibility index (Phi) is 21.2. The van der Waals surface area contributed by atoms with Crippen molar-refractivity contribution < 1.29 is 90.4 Å². The Morgan fingerprint density at radius 1 is 1.00 bits per heavy atom. The Morgan fingerprint density at radius 2 is 1.73 bits per heavy atom. The summed E-state index contributed by atoms with van der Waals surface area (Å²) in [5, 5.41) is 37.9. The Bertz CT molecular complexity index is 3040. The number of phosphoric ester groups is 3. The van der Waals surface area contributed by atoms with E-state index in [1.807, 2.05) is 22.1 Å². The highest BCUT2D eigenvalue weighted by molar-refractivity contribution is 8.14. The summed E-state index contributed by atoms with van der Waals surface area (Å²) in [7, 11) is -16.5. The largest absolute Gasteiger partial charge is 0.481 e. The number of nitrogens with two attached hydrogens (primary N) is 1. The van der Waals surface area contributed by atoms with Crippen LogP contribution in [-0.4, -0.2) is 143 Å². The molecule has 0 saturated carbocycles. The zero-order valence-corrected chi connectivity index (χ0v) is 45.8. The third kappa shape index (κ3) is 17.4. The number of aliphatic hydroxyl groups excluding tert-OH is 2. The number of nitrogens with zero attached hydrogens (tertiary/aromatic N) is 6. The highest BCUT2D eigenvalue weighted by atomic mass is 32.2. The minimum absolute atomic E-state index is 0.0186. The van der Waals surface area contributed by atoms with E-state index in [4.69, 9.17) is 19.5 Å². The second-order valence-electron chi connectivity index (χ2n) is 17.9. The summed E-state index contributed by atoms with van der Waals surface area (Å²) < 4.78 is 64.8. The maximum Gasteiger partial charge on any atom is 0.481 e. The predicted octanol–water partition coefficient (Wildman–Crippen LogP) is 3.34. The lowest BCUT2D eigenvalue weighted by molar-refractivity contribution is -0.137. The van der Waals surface area contributed by atoms with Crippen molar-refractivity contribution in [3.05, 3.63) is 93.7 Å².